The third-order valence-electron chi connectivity index (χ3n) is 6.03. The van der Waals surface area contributed by atoms with Crippen LogP contribution in [0.3, 0.4) is 0 Å². The first-order valence-electron chi connectivity index (χ1n) is 12.3. The van der Waals surface area contributed by atoms with Crippen LogP contribution < -0.4 is 15.4 Å². The second-order valence-electron chi connectivity index (χ2n) is 9.34. The molecule has 0 bridgehead atoms. The van der Waals surface area contributed by atoms with E-state index in [0.29, 0.717) is 40.3 Å². The van der Waals surface area contributed by atoms with Crippen LogP contribution >= 0.6 is 0 Å². The minimum atomic E-state index is -0.577. The number of halogens is 1. The number of carbonyl (C=O) groups excluding carboxylic acids is 2. The van der Waals surface area contributed by atoms with Crippen LogP contribution in [0.2, 0.25) is 0 Å². The molecule has 0 atom stereocenters. The van der Waals surface area contributed by atoms with Gasteiger partial charge in [0.05, 0.1) is 38.2 Å². The van der Waals surface area contributed by atoms with Crippen molar-refractivity contribution in [1.82, 2.24) is 9.55 Å². The lowest BCUT2D eigenvalue weighted by atomic mass is 10.1. The van der Waals surface area contributed by atoms with Gasteiger partial charge in [0.2, 0.25) is 5.91 Å². The number of carbonyl (C=O) groups is 2. The molecule has 1 amide bonds. The Balaban J connectivity index is 1.74. The van der Waals surface area contributed by atoms with Crippen LogP contribution in [0.15, 0.2) is 60.8 Å². The molecule has 0 saturated heterocycles. The van der Waals surface area contributed by atoms with Crippen LogP contribution in [0.1, 0.15) is 35.5 Å². The molecule has 0 fully saturated rings. The van der Waals surface area contributed by atoms with E-state index in [0.717, 1.165) is 5.56 Å². The SMILES string of the molecule is COC(=O)c1c(NC(=O)Cc2ccccc2)c2cc(NCc3cc(OC)ccc3F)cnc2n1CC(C)C. The summed E-state index contributed by atoms with van der Waals surface area (Å²) in [5.74, 6) is -0.475. The van der Waals surface area contributed by atoms with Gasteiger partial charge in [0.1, 0.15) is 17.2 Å². The highest BCUT2D eigenvalue weighted by molar-refractivity contribution is 6.11. The maximum atomic E-state index is 14.3. The van der Waals surface area contributed by atoms with E-state index in [2.05, 4.69) is 15.6 Å². The summed E-state index contributed by atoms with van der Waals surface area (Å²) in [6.45, 7) is 4.73. The fourth-order valence-corrected chi connectivity index (χ4v) is 4.28. The Kier molecular flexibility index (Phi) is 8.25. The summed E-state index contributed by atoms with van der Waals surface area (Å²) < 4.78 is 26.4. The van der Waals surface area contributed by atoms with Crippen LogP contribution in [0.4, 0.5) is 15.8 Å². The standard InChI is InChI=1S/C29H31FN4O4/c1-18(2)17-34-27(29(36)38-4)26(33-25(35)12-19-8-6-5-7-9-19)23-14-21(16-32-28(23)34)31-15-20-13-22(37-3)10-11-24(20)30/h5-11,13-14,16,18,31H,12,15,17H2,1-4H3,(H,33,35). The van der Waals surface area contributed by atoms with E-state index in [9.17, 15) is 14.0 Å². The molecule has 38 heavy (non-hydrogen) atoms. The molecule has 8 nitrogen and oxygen atoms in total. The average molecular weight is 519 g/mol. The van der Waals surface area contributed by atoms with E-state index in [1.807, 2.05) is 44.2 Å². The number of methoxy groups -OCH3 is 2. The molecule has 2 N–H and O–H groups in total. The predicted molar refractivity (Wildman–Crippen MR) is 145 cm³/mol. The molecule has 0 aliphatic heterocycles. The molecule has 198 valence electrons. The number of nitrogens with one attached hydrogen (secondary N) is 2. The van der Waals surface area contributed by atoms with Crippen LogP contribution in [0.25, 0.3) is 11.0 Å². The summed E-state index contributed by atoms with van der Waals surface area (Å²) in [4.78, 5) is 30.6. The number of hydrogen-bond donors (Lipinski definition) is 2. The second kappa shape index (κ2) is 11.8. The minimum absolute atomic E-state index is 0.138. The van der Waals surface area contributed by atoms with E-state index >= 15 is 0 Å². The van der Waals surface area contributed by atoms with Crippen molar-refractivity contribution in [3.05, 3.63) is 83.4 Å². The first-order chi connectivity index (χ1) is 18.3. The lowest BCUT2D eigenvalue weighted by Gasteiger charge is -2.12. The topological polar surface area (TPSA) is 94.5 Å². The summed E-state index contributed by atoms with van der Waals surface area (Å²) in [5.41, 5.74) is 2.95. The molecule has 2 heterocycles. The molecule has 2 aromatic carbocycles. The third-order valence-corrected chi connectivity index (χ3v) is 6.03. The molecule has 0 saturated carbocycles. The normalized spacial score (nSPS) is 11.0. The number of amides is 1. The Hall–Kier alpha value is -4.40. The highest BCUT2D eigenvalue weighted by Gasteiger charge is 2.26. The van der Waals surface area contributed by atoms with Crippen molar-refractivity contribution in [3.8, 4) is 5.75 Å². The van der Waals surface area contributed by atoms with Gasteiger partial charge in [0, 0.05) is 24.0 Å². The lowest BCUT2D eigenvalue weighted by Crippen LogP contribution is -2.19. The fraction of sp³-hybridized carbons (Fsp3) is 0.276. The highest BCUT2D eigenvalue weighted by Crippen LogP contribution is 2.33. The zero-order valence-electron chi connectivity index (χ0n) is 21.9. The Morgan fingerprint density at radius 2 is 1.84 bits per heavy atom. The average Bonchev–Trinajstić information content (AvgIpc) is 3.19. The third kappa shape index (κ3) is 5.94. The number of ether oxygens (including phenoxy) is 2. The van der Waals surface area contributed by atoms with Crippen LogP contribution in [0.5, 0.6) is 5.75 Å². The molecule has 0 unspecified atom stereocenters. The number of esters is 1. The largest absolute Gasteiger partial charge is 0.497 e. The van der Waals surface area contributed by atoms with Crippen molar-refractivity contribution < 1.29 is 23.5 Å². The van der Waals surface area contributed by atoms with Crippen molar-refractivity contribution in [2.45, 2.75) is 33.4 Å². The van der Waals surface area contributed by atoms with E-state index in [1.54, 1.807) is 29.0 Å². The number of pyridine rings is 1. The van der Waals surface area contributed by atoms with Gasteiger partial charge in [-0.3, -0.25) is 4.79 Å². The molecule has 0 aliphatic rings. The Bertz CT molecular complexity index is 1450. The molecule has 0 radical (unpaired) electrons. The number of nitrogens with zero attached hydrogens (tertiary/aromatic N) is 2. The van der Waals surface area contributed by atoms with Gasteiger partial charge in [-0.1, -0.05) is 44.2 Å². The van der Waals surface area contributed by atoms with Gasteiger partial charge >= 0.3 is 5.97 Å². The maximum absolute atomic E-state index is 14.3. The number of anilines is 2. The monoisotopic (exact) mass is 518 g/mol. The van der Waals surface area contributed by atoms with E-state index in [1.165, 1.54) is 20.3 Å². The Morgan fingerprint density at radius 3 is 2.53 bits per heavy atom. The van der Waals surface area contributed by atoms with Gasteiger partial charge in [-0.05, 0) is 35.7 Å². The quantitative estimate of drug-likeness (QED) is 0.272. The molecule has 9 heteroatoms. The Morgan fingerprint density at radius 1 is 1.08 bits per heavy atom. The molecule has 4 rings (SSSR count). The first-order valence-corrected chi connectivity index (χ1v) is 12.3. The van der Waals surface area contributed by atoms with Crippen LogP contribution in [0, 0.1) is 11.7 Å². The molecule has 2 aromatic heterocycles. The van der Waals surface area contributed by atoms with E-state index in [-0.39, 0.29) is 36.3 Å². The van der Waals surface area contributed by atoms with Gasteiger partial charge < -0.3 is 24.7 Å². The molecular formula is C29H31FN4O4. The minimum Gasteiger partial charge on any atom is -0.497 e. The van der Waals surface area contributed by atoms with E-state index < -0.39 is 5.97 Å². The van der Waals surface area contributed by atoms with Crippen molar-refractivity contribution >= 4 is 34.3 Å². The predicted octanol–water partition coefficient (Wildman–Crippen LogP) is 5.42. The lowest BCUT2D eigenvalue weighted by molar-refractivity contribution is -0.115. The number of fused-ring (bicyclic) bond motifs is 1. The zero-order chi connectivity index (χ0) is 27.2. The van der Waals surface area contributed by atoms with Crippen molar-refractivity contribution in [1.29, 1.82) is 0 Å². The van der Waals surface area contributed by atoms with Crippen LogP contribution in [-0.2, 0) is 29.0 Å². The summed E-state index contributed by atoms with van der Waals surface area (Å²) in [6, 6.07) is 15.7. The molecular weight excluding hydrogens is 487 g/mol. The van der Waals surface area contributed by atoms with Gasteiger partial charge in [-0.2, -0.15) is 0 Å². The maximum Gasteiger partial charge on any atom is 0.356 e. The summed E-state index contributed by atoms with van der Waals surface area (Å²) >= 11 is 0. The van der Waals surface area contributed by atoms with E-state index in [4.69, 9.17) is 9.47 Å². The first kappa shape index (κ1) is 26.7. The number of benzene rings is 2. The summed E-state index contributed by atoms with van der Waals surface area (Å²) in [5, 5.41) is 6.69. The fourth-order valence-electron chi connectivity index (χ4n) is 4.28. The molecule has 0 spiro atoms. The molecule has 4 aromatic rings. The van der Waals surface area contributed by atoms with Crippen molar-refractivity contribution in [2.24, 2.45) is 5.92 Å². The zero-order valence-corrected chi connectivity index (χ0v) is 21.9. The van der Waals surface area contributed by atoms with Crippen LogP contribution in [-0.4, -0.2) is 35.6 Å². The van der Waals surface area contributed by atoms with Gasteiger partial charge in [0.15, 0.2) is 5.69 Å². The molecule has 0 aliphatic carbocycles. The number of rotatable bonds is 10. The number of aromatic nitrogens is 2. The van der Waals surface area contributed by atoms with Gasteiger partial charge in [0.25, 0.3) is 0 Å². The summed E-state index contributed by atoms with van der Waals surface area (Å²) in [7, 11) is 2.83. The second-order valence-corrected chi connectivity index (χ2v) is 9.34. The van der Waals surface area contributed by atoms with Gasteiger partial charge in [-0.25, -0.2) is 14.2 Å². The van der Waals surface area contributed by atoms with Crippen molar-refractivity contribution in [3.63, 3.8) is 0 Å². The Labute approximate surface area is 220 Å². The highest BCUT2D eigenvalue weighted by atomic mass is 19.1. The number of hydrogen-bond acceptors (Lipinski definition) is 6. The smallest absolute Gasteiger partial charge is 0.356 e. The van der Waals surface area contributed by atoms with Gasteiger partial charge in [-0.15, -0.1) is 0 Å². The summed E-state index contributed by atoms with van der Waals surface area (Å²) in [6.07, 6.45) is 1.76. The van der Waals surface area contributed by atoms with Crippen molar-refractivity contribution in [2.75, 3.05) is 24.9 Å².